The first-order valence-electron chi connectivity index (χ1n) is 6.48. The van der Waals surface area contributed by atoms with Crippen LogP contribution in [0.4, 0.5) is 5.69 Å². The van der Waals surface area contributed by atoms with Crippen molar-refractivity contribution in [2.75, 3.05) is 12.3 Å². The molecule has 0 unspecified atom stereocenters. The van der Waals surface area contributed by atoms with Crippen molar-refractivity contribution in [1.29, 1.82) is 0 Å². The Balaban J connectivity index is 2.33. The van der Waals surface area contributed by atoms with Gasteiger partial charge in [0.2, 0.25) is 0 Å². The molecule has 0 saturated carbocycles. The molecule has 3 rings (SSSR count). The van der Waals surface area contributed by atoms with Crippen molar-refractivity contribution < 1.29 is 9.53 Å². The summed E-state index contributed by atoms with van der Waals surface area (Å²) in [7, 11) is 0. The molecule has 1 aromatic carbocycles. The van der Waals surface area contributed by atoms with Crippen molar-refractivity contribution in [3.63, 3.8) is 0 Å². The third kappa shape index (κ3) is 2.10. The highest BCUT2D eigenvalue weighted by Gasteiger charge is 2.15. The van der Waals surface area contributed by atoms with Crippen LogP contribution in [0.2, 0.25) is 0 Å². The van der Waals surface area contributed by atoms with Crippen molar-refractivity contribution in [2.45, 2.75) is 6.92 Å². The number of fused-ring (bicyclic) bond motifs is 3. The molecule has 6 heteroatoms. The molecule has 2 aromatic heterocycles. The molecule has 106 valence electrons. The Morgan fingerprint density at radius 1 is 1.38 bits per heavy atom. The second kappa shape index (κ2) is 4.90. The van der Waals surface area contributed by atoms with Crippen LogP contribution in [0.25, 0.3) is 16.4 Å². The van der Waals surface area contributed by atoms with Crippen LogP contribution in [0.1, 0.15) is 17.3 Å². The fourth-order valence-corrected chi connectivity index (χ4v) is 2.22. The molecule has 0 fully saturated rings. The van der Waals surface area contributed by atoms with Gasteiger partial charge in [-0.2, -0.15) is 0 Å². The van der Waals surface area contributed by atoms with Crippen LogP contribution >= 0.6 is 0 Å². The van der Waals surface area contributed by atoms with Crippen molar-refractivity contribution in [3.8, 4) is 0 Å². The summed E-state index contributed by atoms with van der Waals surface area (Å²) in [4.78, 5) is 28.3. The fraction of sp³-hybridized carbons (Fsp3) is 0.133. The minimum Gasteiger partial charge on any atom is -0.462 e. The number of ether oxygens (including phenoxy) is 1. The first-order chi connectivity index (χ1) is 10.1. The molecule has 0 bridgehead atoms. The number of nitrogen functional groups attached to an aromatic ring is 1. The number of carbonyl (C=O) groups is 1. The Morgan fingerprint density at radius 3 is 2.95 bits per heavy atom. The van der Waals surface area contributed by atoms with Gasteiger partial charge in [-0.1, -0.05) is 6.07 Å². The second-order valence-electron chi connectivity index (χ2n) is 4.55. The van der Waals surface area contributed by atoms with E-state index in [2.05, 4.69) is 4.98 Å². The van der Waals surface area contributed by atoms with Gasteiger partial charge in [-0.15, -0.1) is 0 Å². The molecular weight excluding hydrogens is 270 g/mol. The van der Waals surface area contributed by atoms with Gasteiger partial charge in [0.15, 0.2) is 0 Å². The number of nitrogens with zero attached hydrogens (tertiary/aromatic N) is 2. The van der Waals surface area contributed by atoms with Gasteiger partial charge < -0.3 is 10.5 Å². The highest BCUT2D eigenvalue weighted by Crippen LogP contribution is 2.20. The summed E-state index contributed by atoms with van der Waals surface area (Å²) in [6.45, 7) is 1.88. The average molecular weight is 283 g/mol. The maximum absolute atomic E-state index is 12.4. The van der Waals surface area contributed by atoms with Gasteiger partial charge in [0.25, 0.3) is 5.56 Å². The summed E-state index contributed by atoms with van der Waals surface area (Å²) in [5, 5.41) is 1.67. The summed E-state index contributed by atoms with van der Waals surface area (Å²) in [6, 6.07) is 7.17. The number of benzene rings is 1. The van der Waals surface area contributed by atoms with E-state index in [4.69, 9.17) is 10.5 Å². The van der Waals surface area contributed by atoms with Gasteiger partial charge in [-0.25, -0.2) is 9.78 Å². The van der Waals surface area contributed by atoms with Gasteiger partial charge >= 0.3 is 5.97 Å². The largest absolute Gasteiger partial charge is 0.462 e. The van der Waals surface area contributed by atoms with E-state index in [1.165, 1.54) is 10.6 Å². The number of hydrogen-bond donors (Lipinski definition) is 1. The lowest BCUT2D eigenvalue weighted by Crippen LogP contribution is -2.24. The molecule has 3 aromatic rings. The standard InChI is InChI=1S/C15H13N3O3/c1-2-21-15(20)12-8-17-13-11-7-10(16)4-3-9(11)5-6-18(13)14(12)19/h3-8H,2,16H2,1H3. The van der Waals surface area contributed by atoms with E-state index < -0.39 is 11.5 Å². The van der Waals surface area contributed by atoms with E-state index in [0.29, 0.717) is 11.3 Å². The number of anilines is 1. The quantitative estimate of drug-likeness (QED) is 0.438. The number of carbonyl (C=O) groups excluding carboxylic acids is 1. The maximum atomic E-state index is 12.4. The molecule has 0 atom stereocenters. The third-order valence-electron chi connectivity index (χ3n) is 3.21. The van der Waals surface area contributed by atoms with Crippen molar-refractivity contribution in [1.82, 2.24) is 9.38 Å². The van der Waals surface area contributed by atoms with Crippen LogP contribution in [0.5, 0.6) is 0 Å². The number of esters is 1. The Morgan fingerprint density at radius 2 is 2.19 bits per heavy atom. The highest BCUT2D eigenvalue weighted by atomic mass is 16.5. The SMILES string of the molecule is CCOC(=O)c1cnc2c3cc(N)ccc3ccn2c1=O. The van der Waals surface area contributed by atoms with Crippen molar-refractivity contribution in [2.24, 2.45) is 0 Å². The smallest absolute Gasteiger partial charge is 0.345 e. The Kier molecular flexibility index (Phi) is 3.06. The maximum Gasteiger partial charge on any atom is 0.345 e. The average Bonchev–Trinajstić information content (AvgIpc) is 2.47. The zero-order chi connectivity index (χ0) is 15.0. The highest BCUT2D eigenvalue weighted by molar-refractivity contribution is 5.96. The molecule has 21 heavy (non-hydrogen) atoms. The summed E-state index contributed by atoms with van der Waals surface area (Å²) < 4.78 is 6.18. The molecule has 0 amide bonds. The Hall–Kier alpha value is -2.89. The number of nitrogens with two attached hydrogens (primary N) is 1. The summed E-state index contributed by atoms with van der Waals surface area (Å²) in [5.41, 5.74) is 6.28. The second-order valence-corrected chi connectivity index (χ2v) is 4.55. The Labute approximate surface area is 119 Å². The van der Waals surface area contributed by atoms with Crippen LogP contribution in [0.15, 0.2) is 41.5 Å². The zero-order valence-corrected chi connectivity index (χ0v) is 11.4. The van der Waals surface area contributed by atoms with Gasteiger partial charge in [0.05, 0.1) is 6.61 Å². The van der Waals surface area contributed by atoms with E-state index in [0.717, 1.165) is 10.8 Å². The predicted molar refractivity (Wildman–Crippen MR) is 79.3 cm³/mol. The van der Waals surface area contributed by atoms with Gasteiger partial charge in [0.1, 0.15) is 11.2 Å². The first kappa shape index (κ1) is 13.1. The van der Waals surface area contributed by atoms with Crippen LogP contribution in [-0.2, 0) is 4.74 Å². The van der Waals surface area contributed by atoms with Crippen LogP contribution in [0, 0.1) is 0 Å². The van der Waals surface area contributed by atoms with Crippen molar-refractivity contribution >= 4 is 28.1 Å². The van der Waals surface area contributed by atoms with E-state index >= 15 is 0 Å². The predicted octanol–water partition coefficient (Wildman–Crippen LogP) is 1.61. The normalized spacial score (nSPS) is 10.9. The number of aromatic nitrogens is 2. The molecular formula is C15H13N3O3. The third-order valence-corrected chi connectivity index (χ3v) is 3.21. The topological polar surface area (TPSA) is 86.7 Å². The fourth-order valence-electron chi connectivity index (χ4n) is 2.22. The Bertz CT molecular complexity index is 915. The van der Waals surface area contributed by atoms with Crippen LogP contribution in [-0.4, -0.2) is 22.0 Å². The zero-order valence-electron chi connectivity index (χ0n) is 11.4. The minimum atomic E-state index is -0.669. The van der Waals surface area contributed by atoms with E-state index in [-0.39, 0.29) is 12.2 Å². The lowest BCUT2D eigenvalue weighted by atomic mass is 10.1. The van der Waals surface area contributed by atoms with Gasteiger partial charge in [-0.05, 0) is 30.5 Å². The van der Waals surface area contributed by atoms with Gasteiger partial charge in [0, 0.05) is 23.5 Å². The molecule has 0 aliphatic heterocycles. The molecule has 0 aliphatic carbocycles. The monoisotopic (exact) mass is 283 g/mol. The van der Waals surface area contributed by atoms with Gasteiger partial charge in [-0.3, -0.25) is 9.20 Å². The molecule has 2 N–H and O–H groups in total. The molecule has 0 saturated heterocycles. The van der Waals surface area contributed by atoms with Crippen LogP contribution in [0.3, 0.4) is 0 Å². The summed E-state index contributed by atoms with van der Waals surface area (Å²) in [6.07, 6.45) is 2.84. The van der Waals surface area contributed by atoms with Crippen molar-refractivity contribution in [3.05, 3.63) is 52.6 Å². The molecule has 0 aliphatic rings. The van der Waals surface area contributed by atoms with E-state index in [1.54, 1.807) is 31.3 Å². The molecule has 6 nitrogen and oxygen atoms in total. The number of rotatable bonds is 2. The first-order valence-corrected chi connectivity index (χ1v) is 6.48. The number of hydrogen-bond acceptors (Lipinski definition) is 5. The lowest BCUT2D eigenvalue weighted by molar-refractivity contribution is 0.0523. The molecule has 0 spiro atoms. The minimum absolute atomic E-state index is 0.0856. The summed E-state index contributed by atoms with van der Waals surface area (Å²) >= 11 is 0. The van der Waals surface area contributed by atoms with E-state index in [9.17, 15) is 9.59 Å². The lowest BCUT2D eigenvalue weighted by Gasteiger charge is -2.07. The number of pyridine rings is 1. The van der Waals surface area contributed by atoms with E-state index in [1.807, 2.05) is 6.07 Å². The molecule has 0 radical (unpaired) electrons. The van der Waals surface area contributed by atoms with Crippen LogP contribution < -0.4 is 11.3 Å². The summed E-state index contributed by atoms with van der Waals surface area (Å²) in [5.74, 6) is -0.669. The molecule has 2 heterocycles.